The normalized spacial score (nSPS) is 16.5. The van der Waals surface area contributed by atoms with E-state index in [9.17, 15) is 13.2 Å². The Morgan fingerprint density at radius 3 is 2.37 bits per heavy atom. The molecule has 1 aromatic heterocycles. The van der Waals surface area contributed by atoms with Crippen LogP contribution >= 0.6 is 0 Å². The molecule has 19 heavy (non-hydrogen) atoms. The average molecular weight is 272 g/mol. The van der Waals surface area contributed by atoms with Crippen LogP contribution in [-0.4, -0.2) is 23.9 Å². The van der Waals surface area contributed by atoms with Crippen molar-refractivity contribution in [1.29, 1.82) is 5.41 Å². The van der Waals surface area contributed by atoms with E-state index >= 15 is 0 Å². The van der Waals surface area contributed by atoms with Crippen LogP contribution in [0.5, 0.6) is 0 Å². The topological polar surface area (TPSA) is 66.0 Å². The van der Waals surface area contributed by atoms with Crippen molar-refractivity contribution in [2.75, 3.05) is 18.0 Å². The Morgan fingerprint density at radius 2 is 1.84 bits per heavy atom. The maximum absolute atomic E-state index is 12.7. The minimum Gasteiger partial charge on any atom is -0.384 e. The Morgan fingerprint density at radius 1 is 1.21 bits per heavy atom. The fourth-order valence-electron chi connectivity index (χ4n) is 2.16. The van der Waals surface area contributed by atoms with E-state index in [1.165, 1.54) is 6.07 Å². The zero-order valence-electron chi connectivity index (χ0n) is 10.3. The largest absolute Gasteiger partial charge is 0.433 e. The first kappa shape index (κ1) is 13.6. The molecule has 3 N–H and O–H groups in total. The van der Waals surface area contributed by atoms with E-state index in [0.717, 1.165) is 25.3 Å². The van der Waals surface area contributed by atoms with Gasteiger partial charge < -0.3 is 10.6 Å². The number of amidine groups is 1. The third-order valence-corrected chi connectivity index (χ3v) is 3.11. The molecule has 0 saturated carbocycles. The highest BCUT2D eigenvalue weighted by Crippen LogP contribution is 2.31. The van der Waals surface area contributed by atoms with Crippen LogP contribution in [0, 0.1) is 5.41 Å². The van der Waals surface area contributed by atoms with E-state index in [4.69, 9.17) is 11.1 Å². The fourth-order valence-corrected chi connectivity index (χ4v) is 2.16. The molecule has 1 aromatic rings. The zero-order valence-corrected chi connectivity index (χ0v) is 10.3. The van der Waals surface area contributed by atoms with E-state index in [-0.39, 0.29) is 17.2 Å². The van der Waals surface area contributed by atoms with Crippen LogP contribution in [0.3, 0.4) is 0 Å². The van der Waals surface area contributed by atoms with Crippen molar-refractivity contribution in [3.63, 3.8) is 0 Å². The van der Waals surface area contributed by atoms with Crippen LogP contribution in [0.1, 0.15) is 30.5 Å². The molecule has 1 fully saturated rings. The lowest BCUT2D eigenvalue weighted by Crippen LogP contribution is -2.33. The summed E-state index contributed by atoms with van der Waals surface area (Å²) in [4.78, 5) is 5.44. The zero-order chi connectivity index (χ0) is 14.0. The summed E-state index contributed by atoms with van der Waals surface area (Å²) < 4.78 is 38.1. The van der Waals surface area contributed by atoms with Crippen molar-refractivity contribution in [3.05, 3.63) is 23.4 Å². The number of hydrogen-bond donors (Lipinski definition) is 2. The maximum Gasteiger partial charge on any atom is 0.433 e. The summed E-state index contributed by atoms with van der Waals surface area (Å²) in [6.07, 6.45) is -1.60. The van der Waals surface area contributed by atoms with Gasteiger partial charge in [-0.2, -0.15) is 13.2 Å². The van der Waals surface area contributed by atoms with Crippen molar-refractivity contribution in [3.8, 4) is 0 Å². The molecule has 1 saturated heterocycles. The molecule has 0 amide bonds. The fraction of sp³-hybridized carbons (Fsp3) is 0.500. The van der Waals surface area contributed by atoms with Crippen LogP contribution in [0.4, 0.5) is 19.0 Å². The summed E-state index contributed by atoms with van der Waals surface area (Å²) >= 11 is 0. The van der Waals surface area contributed by atoms with Gasteiger partial charge in [-0.05, 0) is 31.4 Å². The number of alkyl halides is 3. The smallest absolute Gasteiger partial charge is 0.384 e. The van der Waals surface area contributed by atoms with Crippen molar-refractivity contribution < 1.29 is 13.2 Å². The molecule has 0 unspecified atom stereocenters. The van der Waals surface area contributed by atoms with Gasteiger partial charge in [0.05, 0.1) is 5.56 Å². The van der Waals surface area contributed by atoms with Crippen molar-refractivity contribution in [1.82, 2.24) is 4.98 Å². The first-order valence-electron chi connectivity index (χ1n) is 6.07. The number of anilines is 1. The van der Waals surface area contributed by atoms with Gasteiger partial charge >= 0.3 is 6.18 Å². The molecular weight excluding hydrogens is 257 g/mol. The molecule has 0 aromatic carbocycles. The van der Waals surface area contributed by atoms with Gasteiger partial charge in [-0.3, -0.25) is 5.41 Å². The summed E-state index contributed by atoms with van der Waals surface area (Å²) in [6.45, 7) is 1.29. The molecule has 0 bridgehead atoms. The van der Waals surface area contributed by atoms with Gasteiger partial charge in [-0.15, -0.1) is 0 Å². The summed E-state index contributed by atoms with van der Waals surface area (Å²) in [5.74, 6) is -0.0937. The second-order valence-corrected chi connectivity index (χ2v) is 4.53. The lowest BCUT2D eigenvalue weighted by Gasteiger charge is -2.29. The van der Waals surface area contributed by atoms with Crippen LogP contribution in [0.2, 0.25) is 0 Å². The monoisotopic (exact) mass is 272 g/mol. The number of hydrogen-bond acceptors (Lipinski definition) is 3. The van der Waals surface area contributed by atoms with Gasteiger partial charge in [0.25, 0.3) is 0 Å². The van der Waals surface area contributed by atoms with E-state index in [0.29, 0.717) is 13.1 Å². The second-order valence-electron chi connectivity index (χ2n) is 4.53. The summed E-state index contributed by atoms with van der Waals surface area (Å²) in [5.41, 5.74) is 4.73. The van der Waals surface area contributed by atoms with Gasteiger partial charge in [-0.1, -0.05) is 0 Å². The summed E-state index contributed by atoms with van der Waals surface area (Å²) in [5, 5.41) is 7.45. The predicted octanol–water partition coefficient (Wildman–Crippen LogP) is 2.37. The van der Waals surface area contributed by atoms with Gasteiger partial charge in [0.2, 0.25) is 0 Å². The Labute approximate surface area is 108 Å². The van der Waals surface area contributed by atoms with Crippen molar-refractivity contribution in [2.45, 2.75) is 25.4 Å². The van der Waals surface area contributed by atoms with Gasteiger partial charge in [0, 0.05) is 13.1 Å². The molecule has 1 aliphatic heterocycles. The molecule has 0 radical (unpaired) electrons. The number of piperidine rings is 1. The van der Waals surface area contributed by atoms with Gasteiger partial charge in [0.15, 0.2) is 0 Å². The number of aromatic nitrogens is 1. The van der Waals surface area contributed by atoms with E-state index in [1.54, 1.807) is 4.90 Å². The SMILES string of the molecule is N=C(N)c1ccc(C(F)(F)F)nc1N1CCCCC1. The molecule has 0 spiro atoms. The van der Waals surface area contributed by atoms with Gasteiger partial charge in [-0.25, -0.2) is 4.98 Å². The lowest BCUT2D eigenvalue weighted by molar-refractivity contribution is -0.141. The van der Waals surface area contributed by atoms with Crippen molar-refractivity contribution >= 4 is 11.7 Å². The van der Waals surface area contributed by atoms with Crippen LogP contribution in [0.15, 0.2) is 12.1 Å². The number of pyridine rings is 1. The molecule has 0 atom stereocenters. The van der Waals surface area contributed by atoms with Crippen molar-refractivity contribution in [2.24, 2.45) is 5.73 Å². The van der Waals surface area contributed by atoms with E-state index in [2.05, 4.69) is 4.98 Å². The Bertz CT molecular complexity index is 478. The summed E-state index contributed by atoms with van der Waals surface area (Å²) in [7, 11) is 0. The minimum absolute atomic E-state index is 0.169. The van der Waals surface area contributed by atoms with E-state index < -0.39 is 11.9 Å². The first-order chi connectivity index (χ1) is 8.89. The Balaban J connectivity index is 2.44. The molecule has 7 heteroatoms. The molecule has 1 aliphatic rings. The molecule has 0 aliphatic carbocycles. The quantitative estimate of drug-likeness (QED) is 0.641. The summed E-state index contributed by atoms with van der Waals surface area (Å²) in [6, 6.07) is 2.09. The molecule has 2 heterocycles. The maximum atomic E-state index is 12.7. The Kier molecular flexibility index (Phi) is 3.64. The predicted molar refractivity (Wildman–Crippen MR) is 66.3 cm³/mol. The highest BCUT2D eigenvalue weighted by atomic mass is 19.4. The van der Waals surface area contributed by atoms with Gasteiger partial charge in [0.1, 0.15) is 17.3 Å². The van der Waals surface area contributed by atoms with E-state index in [1.807, 2.05) is 0 Å². The number of halogens is 3. The minimum atomic E-state index is -4.49. The Hall–Kier alpha value is -1.79. The van der Waals surface area contributed by atoms with Crippen LogP contribution in [-0.2, 0) is 6.18 Å². The highest BCUT2D eigenvalue weighted by Gasteiger charge is 2.34. The lowest BCUT2D eigenvalue weighted by atomic mass is 10.1. The number of nitrogens with two attached hydrogens (primary N) is 1. The molecule has 4 nitrogen and oxygen atoms in total. The standard InChI is InChI=1S/C12H15F3N4/c13-12(14,15)9-5-4-8(10(16)17)11(18-9)19-6-2-1-3-7-19/h4-5H,1-3,6-7H2,(H3,16,17). The third kappa shape index (κ3) is 2.97. The van der Waals surface area contributed by atoms with Crippen LogP contribution in [0.25, 0.3) is 0 Å². The van der Waals surface area contributed by atoms with Crippen LogP contribution < -0.4 is 10.6 Å². The molecule has 2 rings (SSSR count). The molecule has 104 valence electrons. The number of nitrogens with zero attached hydrogens (tertiary/aromatic N) is 2. The highest BCUT2D eigenvalue weighted by molar-refractivity contribution is 5.99. The first-order valence-corrected chi connectivity index (χ1v) is 6.07. The second kappa shape index (κ2) is 5.07. The average Bonchev–Trinajstić information content (AvgIpc) is 2.38. The number of nitrogen functional groups attached to an aromatic ring is 1. The number of nitrogens with one attached hydrogen (secondary N) is 1. The number of rotatable bonds is 2. The molecular formula is C12H15F3N4. The third-order valence-electron chi connectivity index (χ3n) is 3.11.